The van der Waals surface area contributed by atoms with E-state index in [9.17, 15) is 22.8 Å². The number of H-pyrrole nitrogens is 1. The summed E-state index contributed by atoms with van der Waals surface area (Å²) in [5, 5.41) is 8.20. The number of likely N-dealkylation sites (tertiary alicyclic amines) is 1. The first-order valence-electron chi connectivity index (χ1n) is 12.4. The van der Waals surface area contributed by atoms with Crippen LogP contribution in [0.5, 0.6) is 0 Å². The number of aromatic amines is 1. The van der Waals surface area contributed by atoms with Gasteiger partial charge in [-0.15, -0.1) is 0 Å². The fourth-order valence-corrected chi connectivity index (χ4v) is 5.15. The van der Waals surface area contributed by atoms with E-state index < -0.39 is 27.6 Å². The highest BCUT2D eigenvalue weighted by molar-refractivity contribution is 7.90. The number of sulfone groups is 1. The monoisotopic (exact) mass is 572 g/mol. The standard InChI is InChI=1S/C26H29ClN6O5S/c1-39(37,38)19-9-10-20(21(27)15-19)24(34)31-17-5-7-18(8-6-17)32-26(36)23-22(29-16-30-23)25(35)28-11-14-33-12-3-2-4-13-33/h5-10,15-16H,2-4,11-14H2,1H3,(H,28,35)(H,29,30)(H,31,34)(H,32,36). The minimum absolute atomic E-state index is 0.00430. The highest BCUT2D eigenvalue weighted by atomic mass is 35.5. The summed E-state index contributed by atoms with van der Waals surface area (Å²) in [5.74, 6) is -1.49. The molecule has 1 aliphatic rings. The van der Waals surface area contributed by atoms with Crippen LogP contribution in [-0.2, 0) is 9.84 Å². The molecule has 39 heavy (non-hydrogen) atoms. The molecule has 1 aromatic heterocycles. The Morgan fingerprint density at radius 2 is 1.59 bits per heavy atom. The molecule has 0 saturated carbocycles. The number of piperidine rings is 1. The number of nitrogens with one attached hydrogen (secondary N) is 4. The van der Waals surface area contributed by atoms with Gasteiger partial charge in [0.1, 0.15) is 5.69 Å². The molecule has 1 saturated heterocycles. The number of amides is 3. The molecule has 0 atom stereocenters. The lowest BCUT2D eigenvalue weighted by molar-refractivity contribution is 0.0929. The molecule has 2 heterocycles. The van der Waals surface area contributed by atoms with Gasteiger partial charge in [0.2, 0.25) is 0 Å². The number of imidazole rings is 1. The highest BCUT2D eigenvalue weighted by Gasteiger charge is 2.21. The largest absolute Gasteiger partial charge is 0.349 e. The van der Waals surface area contributed by atoms with Crippen molar-refractivity contribution in [3.05, 3.63) is 70.8 Å². The molecule has 1 fully saturated rings. The molecule has 0 unspecified atom stereocenters. The van der Waals surface area contributed by atoms with E-state index in [-0.39, 0.29) is 26.9 Å². The molecular formula is C26H29ClN6O5S. The first-order chi connectivity index (χ1) is 18.6. The number of carbonyl (C=O) groups excluding carboxylic acids is 3. The van der Waals surface area contributed by atoms with Gasteiger partial charge in [0, 0.05) is 30.7 Å². The number of halogens is 1. The van der Waals surface area contributed by atoms with Crippen LogP contribution < -0.4 is 16.0 Å². The Morgan fingerprint density at radius 1 is 0.949 bits per heavy atom. The van der Waals surface area contributed by atoms with E-state index in [0.29, 0.717) is 17.9 Å². The third kappa shape index (κ3) is 7.43. The summed E-state index contributed by atoms with van der Waals surface area (Å²) >= 11 is 6.11. The fourth-order valence-electron chi connectivity index (χ4n) is 4.17. The summed E-state index contributed by atoms with van der Waals surface area (Å²) in [4.78, 5) is 47.1. The molecule has 13 heteroatoms. The summed E-state index contributed by atoms with van der Waals surface area (Å²) in [5.41, 5.74) is 1.01. The first kappa shape index (κ1) is 28.3. The number of anilines is 2. The molecule has 0 radical (unpaired) electrons. The normalized spacial score (nSPS) is 14.0. The molecule has 206 valence electrons. The lowest BCUT2D eigenvalue weighted by Crippen LogP contribution is -2.38. The van der Waals surface area contributed by atoms with E-state index in [1.165, 1.54) is 43.8 Å². The molecule has 2 aromatic carbocycles. The topological polar surface area (TPSA) is 153 Å². The van der Waals surface area contributed by atoms with Crippen molar-refractivity contribution < 1.29 is 22.8 Å². The molecular weight excluding hydrogens is 544 g/mol. The van der Waals surface area contributed by atoms with Crippen LogP contribution in [0.15, 0.2) is 53.7 Å². The van der Waals surface area contributed by atoms with Crippen LogP contribution in [0.1, 0.15) is 50.6 Å². The lowest BCUT2D eigenvalue weighted by atomic mass is 10.1. The fraction of sp³-hybridized carbons (Fsp3) is 0.308. The number of carbonyl (C=O) groups is 3. The van der Waals surface area contributed by atoms with E-state index >= 15 is 0 Å². The van der Waals surface area contributed by atoms with Gasteiger partial charge in [-0.1, -0.05) is 18.0 Å². The van der Waals surface area contributed by atoms with E-state index in [1.54, 1.807) is 24.3 Å². The minimum atomic E-state index is -3.46. The van der Waals surface area contributed by atoms with Crippen LogP contribution in [-0.4, -0.2) is 73.4 Å². The molecule has 3 aromatic rings. The van der Waals surface area contributed by atoms with Crippen LogP contribution in [0.4, 0.5) is 11.4 Å². The maximum Gasteiger partial charge on any atom is 0.276 e. The van der Waals surface area contributed by atoms with Crippen molar-refractivity contribution in [2.75, 3.05) is 43.1 Å². The maximum atomic E-state index is 12.8. The SMILES string of the molecule is CS(=O)(=O)c1ccc(C(=O)Nc2ccc(NC(=O)c3nc[nH]c3C(=O)NCCN3CCCCC3)cc2)c(Cl)c1. The van der Waals surface area contributed by atoms with Crippen molar-refractivity contribution in [1.29, 1.82) is 0 Å². The zero-order chi connectivity index (χ0) is 28.0. The minimum Gasteiger partial charge on any atom is -0.349 e. The maximum absolute atomic E-state index is 12.8. The molecule has 3 amide bonds. The Hall–Kier alpha value is -3.74. The molecule has 0 aliphatic carbocycles. The predicted molar refractivity (Wildman–Crippen MR) is 148 cm³/mol. The Kier molecular flexibility index (Phi) is 9.00. The molecule has 0 spiro atoms. The number of nitrogens with zero attached hydrogens (tertiary/aromatic N) is 2. The van der Waals surface area contributed by atoms with E-state index in [0.717, 1.165) is 25.9 Å². The van der Waals surface area contributed by atoms with Crippen molar-refractivity contribution in [2.45, 2.75) is 24.2 Å². The Bertz CT molecular complexity index is 1470. The average Bonchev–Trinajstić information content (AvgIpc) is 3.40. The third-order valence-electron chi connectivity index (χ3n) is 6.26. The van der Waals surface area contributed by atoms with Gasteiger partial charge in [0.25, 0.3) is 17.7 Å². The molecule has 0 bridgehead atoms. The van der Waals surface area contributed by atoms with E-state index in [4.69, 9.17) is 11.6 Å². The number of benzene rings is 2. The highest BCUT2D eigenvalue weighted by Crippen LogP contribution is 2.23. The smallest absolute Gasteiger partial charge is 0.276 e. The first-order valence-corrected chi connectivity index (χ1v) is 14.6. The average molecular weight is 573 g/mol. The summed E-state index contributed by atoms with van der Waals surface area (Å²) in [6, 6.07) is 10.2. The second-order valence-corrected chi connectivity index (χ2v) is 11.6. The van der Waals surface area contributed by atoms with Gasteiger partial charge < -0.3 is 25.8 Å². The zero-order valence-electron chi connectivity index (χ0n) is 21.3. The summed E-state index contributed by atoms with van der Waals surface area (Å²) in [7, 11) is -3.46. The number of hydrogen-bond donors (Lipinski definition) is 4. The molecule has 11 nitrogen and oxygen atoms in total. The van der Waals surface area contributed by atoms with Gasteiger partial charge in [-0.05, 0) is 68.4 Å². The quantitative estimate of drug-likeness (QED) is 0.307. The Labute approximate surface area is 231 Å². The van der Waals surface area contributed by atoms with Gasteiger partial charge in [0.15, 0.2) is 15.5 Å². The van der Waals surface area contributed by atoms with Crippen LogP contribution >= 0.6 is 11.6 Å². The van der Waals surface area contributed by atoms with Crippen molar-refractivity contribution in [3.63, 3.8) is 0 Å². The van der Waals surface area contributed by atoms with Crippen LogP contribution in [0.25, 0.3) is 0 Å². The lowest BCUT2D eigenvalue weighted by Gasteiger charge is -2.26. The summed E-state index contributed by atoms with van der Waals surface area (Å²) in [6.07, 6.45) is 5.92. The van der Waals surface area contributed by atoms with Crippen LogP contribution in [0.3, 0.4) is 0 Å². The number of aromatic nitrogens is 2. The van der Waals surface area contributed by atoms with Gasteiger partial charge in [-0.3, -0.25) is 14.4 Å². The Balaban J connectivity index is 1.32. The Morgan fingerprint density at radius 3 is 2.21 bits per heavy atom. The van der Waals surface area contributed by atoms with Crippen molar-refractivity contribution in [1.82, 2.24) is 20.2 Å². The number of rotatable bonds is 9. The summed E-state index contributed by atoms with van der Waals surface area (Å²) < 4.78 is 23.3. The second-order valence-electron chi connectivity index (χ2n) is 9.18. The van der Waals surface area contributed by atoms with E-state index in [2.05, 4.69) is 30.8 Å². The molecule has 4 rings (SSSR count). The third-order valence-corrected chi connectivity index (χ3v) is 7.68. The zero-order valence-corrected chi connectivity index (χ0v) is 22.9. The van der Waals surface area contributed by atoms with Crippen LogP contribution in [0.2, 0.25) is 5.02 Å². The van der Waals surface area contributed by atoms with Crippen molar-refractivity contribution in [2.24, 2.45) is 0 Å². The summed E-state index contributed by atoms with van der Waals surface area (Å²) in [6.45, 7) is 3.28. The molecule has 1 aliphatic heterocycles. The molecule has 4 N–H and O–H groups in total. The van der Waals surface area contributed by atoms with Crippen LogP contribution in [0, 0.1) is 0 Å². The second kappa shape index (κ2) is 12.4. The van der Waals surface area contributed by atoms with Gasteiger partial charge in [-0.25, -0.2) is 13.4 Å². The van der Waals surface area contributed by atoms with Crippen molar-refractivity contribution in [3.8, 4) is 0 Å². The van der Waals surface area contributed by atoms with Crippen molar-refractivity contribution >= 4 is 50.5 Å². The van der Waals surface area contributed by atoms with Gasteiger partial charge in [0.05, 0.1) is 21.8 Å². The van der Waals surface area contributed by atoms with E-state index in [1.807, 2.05) is 0 Å². The predicted octanol–water partition coefficient (Wildman–Crippen LogP) is 3.19. The van der Waals surface area contributed by atoms with Gasteiger partial charge in [-0.2, -0.15) is 0 Å². The van der Waals surface area contributed by atoms with Gasteiger partial charge >= 0.3 is 0 Å². The number of hydrogen-bond acceptors (Lipinski definition) is 7.